The van der Waals surface area contributed by atoms with E-state index in [4.69, 9.17) is 9.47 Å². The van der Waals surface area contributed by atoms with Gasteiger partial charge in [0.1, 0.15) is 12.5 Å². The second-order valence-electron chi connectivity index (χ2n) is 9.56. The van der Waals surface area contributed by atoms with Crippen molar-refractivity contribution in [1.82, 2.24) is 5.32 Å². The van der Waals surface area contributed by atoms with E-state index >= 15 is 0 Å². The monoisotopic (exact) mass is 441 g/mol. The number of nitrogens with one attached hydrogen (secondary N) is 1. The molecule has 2 unspecified atom stereocenters. The van der Waals surface area contributed by atoms with Crippen LogP contribution in [0.25, 0.3) is 0 Å². The predicted molar refractivity (Wildman–Crippen MR) is 138 cm³/mol. The van der Waals surface area contributed by atoms with Crippen molar-refractivity contribution in [3.8, 4) is 0 Å². The molecule has 0 saturated carbocycles. The molecule has 188 valence electrons. The van der Waals surface area contributed by atoms with Gasteiger partial charge in [-0.05, 0) is 26.7 Å². The Morgan fingerprint density at radius 2 is 0.677 bits per heavy atom. The van der Waals surface area contributed by atoms with Gasteiger partial charge in [0.05, 0.1) is 0 Å². The molecule has 0 radical (unpaired) electrons. The van der Waals surface area contributed by atoms with Crippen LogP contribution in [0.5, 0.6) is 0 Å². The maximum Gasteiger partial charge on any atom is 0.107 e. The molecule has 1 N–H and O–H groups in total. The van der Waals surface area contributed by atoms with E-state index in [9.17, 15) is 0 Å². The van der Waals surface area contributed by atoms with Crippen LogP contribution in [-0.2, 0) is 9.47 Å². The van der Waals surface area contributed by atoms with E-state index < -0.39 is 0 Å². The van der Waals surface area contributed by atoms with Crippen molar-refractivity contribution in [2.24, 2.45) is 0 Å². The van der Waals surface area contributed by atoms with Crippen LogP contribution in [-0.4, -0.2) is 25.7 Å². The second-order valence-corrected chi connectivity index (χ2v) is 9.56. The van der Waals surface area contributed by atoms with Crippen LogP contribution < -0.4 is 5.32 Å². The maximum absolute atomic E-state index is 5.90. The topological polar surface area (TPSA) is 30.5 Å². The largest absolute Gasteiger partial charge is 0.364 e. The van der Waals surface area contributed by atoms with Crippen molar-refractivity contribution in [2.45, 2.75) is 169 Å². The molecule has 0 aromatic rings. The van der Waals surface area contributed by atoms with E-state index in [0.717, 1.165) is 13.2 Å². The number of hydrogen-bond acceptors (Lipinski definition) is 3. The lowest BCUT2D eigenvalue weighted by atomic mass is 10.1. The van der Waals surface area contributed by atoms with Gasteiger partial charge in [-0.15, -0.1) is 0 Å². The Labute approximate surface area is 196 Å². The Morgan fingerprint density at radius 3 is 0.968 bits per heavy atom. The number of unbranched alkanes of at least 4 members (excludes halogenated alkanes) is 18. The molecule has 0 aliphatic carbocycles. The Kier molecular flexibility index (Phi) is 26.0. The van der Waals surface area contributed by atoms with Gasteiger partial charge in [-0.3, -0.25) is 5.32 Å². The fourth-order valence-electron chi connectivity index (χ4n) is 4.13. The molecule has 0 aromatic heterocycles. The molecule has 0 spiro atoms. The standard InChI is InChI=1S/C28H59NO2/c1-5-7-9-11-13-15-17-19-21-23-25-30-27(3)29-28(4)31-26-24-22-20-18-16-14-12-10-8-6-2/h27-29H,5-26H2,1-4H3. The molecule has 2 atom stereocenters. The van der Waals surface area contributed by atoms with Crippen LogP contribution in [0.3, 0.4) is 0 Å². The van der Waals surface area contributed by atoms with Crippen LogP contribution in [0.2, 0.25) is 0 Å². The van der Waals surface area contributed by atoms with Gasteiger partial charge in [0.2, 0.25) is 0 Å². The third kappa shape index (κ3) is 26.0. The molecular formula is C28H59NO2. The van der Waals surface area contributed by atoms with E-state index in [0.29, 0.717) is 0 Å². The highest BCUT2D eigenvalue weighted by Gasteiger charge is 2.07. The molecule has 0 bridgehead atoms. The van der Waals surface area contributed by atoms with Gasteiger partial charge in [-0.1, -0.05) is 129 Å². The molecule has 31 heavy (non-hydrogen) atoms. The van der Waals surface area contributed by atoms with E-state index in [2.05, 4.69) is 33.0 Å². The van der Waals surface area contributed by atoms with Gasteiger partial charge in [0.15, 0.2) is 0 Å². The number of rotatable bonds is 26. The molecule has 0 aliphatic heterocycles. The lowest BCUT2D eigenvalue weighted by Crippen LogP contribution is -2.38. The molecule has 0 fully saturated rings. The van der Waals surface area contributed by atoms with Gasteiger partial charge < -0.3 is 9.47 Å². The molecule has 0 amide bonds. The lowest BCUT2D eigenvalue weighted by molar-refractivity contribution is -0.0321. The van der Waals surface area contributed by atoms with Gasteiger partial charge in [0, 0.05) is 13.2 Å². The summed E-state index contributed by atoms with van der Waals surface area (Å²) in [7, 11) is 0. The summed E-state index contributed by atoms with van der Waals surface area (Å²) in [4.78, 5) is 0. The molecule has 0 aromatic carbocycles. The Hall–Kier alpha value is -0.120. The SMILES string of the molecule is CCCCCCCCCCCCOC(C)NC(C)OCCCCCCCCCCCC. The summed E-state index contributed by atoms with van der Waals surface area (Å²) in [6.45, 7) is 10.5. The van der Waals surface area contributed by atoms with Gasteiger partial charge in [-0.25, -0.2) is 0 Å². The number of ether oxygens (including phenoxy) is 2. The van der Waals surface area contributed by atoms with Gasteiger partial charge >= 0.3 is 0 Å². The summed E-state index contributed by atoms with van der Waals surface area (Å²) in [6, 6.07) is 0. The quantitative estimate of drug-likeness (QED) is 0.107. The maximum atomic E-state index is 5.90. The third-order valence-corrected chi connectivity index (χ3v) is 6.20. The predicted octanol–water partition coefficient (Wildman–Crippen LogP) is 9.14. The van der Waals surface area contributed by atoms with Crippen LogP contribution in [0, 0.1) is 0 Å². The van der Waals surface area contributed by atoms with E-state index in [1.54, 1.807) is 0 Å². The number of hydrogen-bond donors (Lipinski definition) is 1. The van der Waals surface area contributed by atoms with E-state index in [1.807, 2.05) is 0 Å². The minimum Gasteiger partial charge on any atom is -0.364 e. The van der Waals surface area contributed by atoms with Gasteiger partial charge in [-0.2, -0.15) is 0 Å². The first-order valence-electron chi connectivity index (χ1n) is 14.2. The first-order valence-corrected chi connectivity index (χ1v) is 14.2. The van der Waals surface area contributed by atoms with Crippen molar-refractivity contribution in [3.63, 3.8) is 0 Å². The van der Waals surface area contributed by atoms with Crippen molar-refractivity contribution < 1.29 is 9.47 Å². The zero-order valence-corrected chi connectivity index (χ0v) is 22.0. The highest BCUT2D eigenvalue weighted by Crippen LogP contribution is 2.12. The summed E-state index contributed by atoms with van der Waals surface area (Å²) in [5, 5.41) is 3.41. The zero-order valence-electron chi connectivity index (χ0n) is 22.0. The van der Waals surface area contributed by atoms with E-state index in [-0.39, 0.29) is 12.5 Å². The highest BCUT2D eigenvalue weighted by molar-refractivity contribution is 4.53. The summed E-state index contributed by atoms with van der Waals surface area (Å²) >= 11 is 0. The Morgan fingerprint density at radius 1 is 0.419 bits per heavy atom. The summed E-state index contributed by atoms with van der Waals surface area (Å²) in [5.74, 6) is 0. The average molecular weight is 442 g/mol. The summed E-state index contributed by atoms with van der Waals surface area (Å²) in [5.41, 5.74) is 0. The van der Waals surface area contributed by atoms with E-state index in [1.165, 1.54) is 128 Å². The Balaban J connectivity index is 3.29. The average Bonchev–Trinajstić information content (AvgIpc) is 2.75. The summed E-state index contributed by atoms with van der Waals surface area (Å²) < 4.78 is 11.8. The zero-order chi connectivity index (χ0) is 22.8. The molecular weight excluding hydrogens is 382 g/mol. The first-order chi connectivity index (χ1) is 15.2. The van der Waals surface area contributed by atoms with Crippen LogP contribution in [0.4, 0.5) is 0 Å². The lowest BCUT2D eigenvalue weighted by Gasteiger charge is -2.21. The van der Waals surface area contributed by atoms with Crippen LogP contribution in [0.1, 0.15) is 156 Å². The van der Waals surface area contributed by atoms with Crippen LogP contribution >= 0.6 is 0 Å². The fraction of sp³-hybridized carbons (Fsp3) is 1.00. The van der Waals surface area contributed by atoms with Crippen molar-refractivity contribution in [1.29, 1.82) is 0 Å². The van der Waals surface area contributed by atoms with Gasteiger partial charge in [0.25, 0.3) is 0 Å². The normalized spacial score (nSPS) is 13.5. The summed E-state index contributed by atoms with van der Waals surface area (Å²) in [6.07, 6.45) is 27.5. The molecule has 3 nitrogen and oxygen atoms in total. The molecule has 0 saturated heterocycles. The smallest absolute Gasteiger partial charge is 0.107 e. The van der Waals surface area contributed by atoms with Crippen molar-refractivity contribution in [2.75, 3.05) is 13.2 Å². The highest BCUT2D eigenvalue weighted by atomic mass is 16.5. The first kappa shape index (κ1) is 30.9. The van der Waals surface area contributed by atoms with Crippen molar-refractivity contribution in [3.05, 3.63) is 0 Å². The molecule has 0 aliphatic rings. The Bertz CT molecular complexity index is 294. The minimum absolute atomic E-state index is 0.0706. The molecule has 0 rings (SSSR count). The molecule has 3 heteroatoms. The third-order valence-electron chi connectivity index (χ3n) is 6.20. The van der Waals surface area contributed by atoms with Crippen molar-refractivity contribution >= 4 is 0 Å². The minimum atomic E-state index is 0.0706. The van der Waals surface area contributed by atoms with Crippen LogP contribution in [0.15, 0.2) is 0 Å². The fourth-order valence-corrected chi connectivity index (χ4v) is 4.13. The second kappa shape index (κ2) is 26.1. The molecule has 0 heterocycles.